The van der Waals surface area contributed by atoms with Crippen LogP contribution in [0.4, 0.5) is 13.2 Å². The van der Waals surface area contributed by atoms with Crippen LogP contribution < -0.4 is 5.73 Å². The van der Waals surface area contributed by atoms with E-state index in [9.17, 15) is 13.2 Å². The number of benzene rings is 1. The van der Waals surface area contributed by atoms with E-state index in [4.69, 9.17) is 10.5 Å². The molecule has 2 fully saturated rings. The number of nitrogens with two attached hydrogens (primary N) is 1. The lowest BCUT2D eigenvalue weighted by molar-refractivity contribution is -0.146. The summed E-state index contributed by atoms with van der Waals surface area (Å²) in [6, 6.07) is 5.04. The summed E-state index contributed by atoms with van der Waals surface area (Å²) < 4.78 is 43.6. The van der Waals surface area contributed by atoms with Gasteiger partial charge in [0.2, 0.25) is 0 Å². The third-order valence-electron chi connectivity index (χ3n) is 4.93. The summed E-state index contributed by atoms with van der Waals surface area (Å²) in [5.74, 6) is 0.288. The van der Waals surface area contributed by atoms with Crippen LogP contribution in [0.15, 0.2) is 24.3 Å². The van der Waals surface area contributed by atoms with Crippen LogP contribution in [0.3, 0.4) is 0 Å². The second-order valence-electron chi connectivity index (χ2n) is 6.28. The highest BCUT2D eigenvalue weighted by molar-refractivity contribution is 5.27. The topological polar surface area (TPSA) is 35.2 Å². The Balaban J connectivity index is 1.71. The molecule has 0 aromatic heterocycles. The van der Waals surface area contributed by atoms with E-state index in [2.05, 4.69) is 0 Å². The second kappa shape index (κ2) is 5.29. The zero-order valence-electron chi connectivity index (χ0n) is 11.8. The molecule has 0 radical (unpaired) electrons. The first kappa shape index (κ1) is 14.9. The Morgan fingerprint density at radius 1 is 1.19 bits per heavy atom. The molecule has 1 heterocycles. The van der Waals surface area contributed by atoms with E-state index < -0.39 is 11.7 Å². The van der Waals surface area contributed by atoms with Crippen LogP contribution in [0.5, 0.6) is 0 Å². The summed E-state index contributed by atoms with van der Waals surface area (Å²) in [5.41, 5.74) is 6.46. The quantitative estimate of drug-likeness (QED) is 0.894. The van der Waals surface area contributed by atoms with Crippen LogP contribution in [-0.4, -0.2) is 12.2 Å². The maximum absolute atomic E-state index is 12.6. The Hall–Kier alpha value is -1.07. The number of alkyl halides is 3. The van der Waals surface area contributed by atoms with Gasteiger partial charge in [0, 0.05) is 12.6 Å². The predicted octanol–water partition coefficient (Wildman–Crippen LogP) is 4.05. The van der Waals surface area contributed by atoms with Crippen LogP contribution in [-0.2, 0) is 10.9 Å². The van der Waals surface area contributed by atoms with Gasteiger partial charge in [-0.15, -0.1) is 0 Å². The van der Waals surface area contributed by atoms with E-state index in [0.29, 0.717) is 6.61 Å². The summed E-state index contributed by atoms with van der Waals surface area (Å²) in [7, 11) is 0. The fraction of sp³-hybridized carbons (Fsp3) is 0.625. The zero-order valence-corrected chi connectivity index (χ0v) is 11.8. The van der Waals surface area contributed by atoms with Crippen molar-refractivity contribution in [3.8, 4) is 0 Å². The summed E-state index contributed by atoms with van der Waals surface area (Å²) in [6.07, 6.45) is 0.880. The van der Waals surface area contributed by atoms with Gasteiger partial charge >= 0.3 is 6.18 Å². The number of hydrogen-bond acceptors (Lipinski definition) is 2. The molecule has 1 aliphatic carbocycles. The molecule has 3 rings (SSSR count). The Morgan fingerprint density at radius 2 is 1.86 bits per heavy atom. The van der Waals surface area contributed by atoms with E-state index in [0.717, 1.165) is 43.4 Å². The first-order chi connectivity index (χ1) is 9.90. The van der Waals surface area contributed by atoms with Crippen molar-refractivity contribution in [2.45, 2.75) is 49.9 Å². The fourth-order valence-electron chi connectivity index (χ4n) is 3.46. The van der Waals surface area contributed by atoms with Crippen molar-refractivity contribution in [1.82, 2.24) is 0 Å². The van der Waals surface area contributed by atoms with Crippen LogP contribution in [0.1, 0.15) is 49.3 Å². The smallest absolute Gasteiger partial charge is 0.375 e. The molecule has 2 nitrogen and oxygen atoms in total. The molecule has 1 saturated heterocycles. The van der Waals surface area contributed by atoms with Crippen molar-refractivity contribution in [3.05, 3.63) is 35.4 Å². The maximum Gasteiger partial charge on any atom is 0.416 e. The van der Waals surface area contributed by atoms with E-state index in [1.807, 2.05) is 0 Å². The zero-order chi connectivity index (χ0) is 15.1. The van der Waals surface area contributed by atoms with Gasteiger partial charge in [-0.25, -0.2) is 0 Å². The lowest BCUT2D eigenvalue weighted by Gasteiger charge is -2.48. The van der Waals surface area contributed by atoms with Gasteiger partial charge in [-0.3, -0.25) is 0 Å². The molecule has 0 amide bonds. The SMILES string of the molecule is NC(c1ccc(C(F)(F)F)cc1)C1CCOC2(CCC2)C1. The molecule has 5 heteroatoms. The molecule has 1 saturated carbocycles. The fourth-order valence-corrected chi connectivity index (χ4v) is 3.46. The predicted molar refractivity (Wildman–Crippen MR) is 73.6 cm³/mol. The molecule has 1 aliphatic heterocycles. The van der Waals surface area contributed by atoms with Crippen molar-refractivity contribution in [3.63, 3.8) is 0 Å². The average Bonchev–Trinajstić information content (AvgIpc) is 2.44. The number of halogens is 3. The minimum Gasteiger partial charge on any atom is -0.375 e. The standard InChI is InChI=1S/C16H20F3NO/c17-16(18,19)13-4-2-11(3-5-13)14(20)12-6-9-21-15(10-12)7-1-8-15/h2-5,12,14H,1,6-10,20H2. The number of ether oxygens (including phenoxy) is 1. The van der Waals surface area contributed by atoms with Crippen LogP contribution in [0, 0.1) is 5.92 Å². The van der Waals surface area contributed by atoms with Gasteiger partial charge in [0.05, 0.1) is 11.2 Å². The van der Waals surface area contributed by atoms with Crippen molar-refractivity contribution in [2.24, 2.45) is 11.7 Å². The number of rotatable bonds is 2. The third-order valence-corrected chi connectivity index (χ3v) is 4.93. The molecule has 0 bridgehead atoms. The third kappa shape index (κ3) is 2.94. The van der Waals surface area contributed by atoms with E-state index in [1.165, 1.54) is 18.6 Å². The first-order valence-corrected chi connectivity index (χ1v) is 7.46. The van der Waals surface area contributed by atoms with Gasteiger partial charge in [0.1, 0.15) is 0 Å². The summed E-state index contributed by atoms with van der Waals surface area (Å²) in [5, 5.41) is 0. The van der Waals surface area contributed by atoms with E-state index in [-0.39, 0.29) is 17.6 Å². The summed E-state index contributed by atoms with van der Waals surface area (Å²) in [4.78, 5) is 0. The largest absolute Gasteiger partial charge is 0.416 e. The van der Waals surface area contributed by atoms with Gasteiger partial charge in [-0.05, 0) is 55.7 Å². The van der Waals surface area contributed by atoms with Crippen LogP contribution in [0.25, 0.3) is 0 Å². The molecule has 1 aromatic carbocycles. The minimum atomic E-state index is -4.29. The second-order valence-corrected chi connectivity index (χ2v) is 6.28. The average molecular weight is 299 g/mol. The Morgan fingerprint density at radius 3 is 2.38 bits per heavy atom. The Bertz CT molecular complexity index is 493. The van der Waals surface area contributed by atoms with Gasteiger partial charge in [-0.2, -0.15) is 13.2 Å². The van der Waals surface area contributed by atoms with E-state index in [1.54, 1.807) is 0 Å². The van der Waals surface area contributed by atoms with Crippen LogP contribution in [0.2, 0.25) is 0 Å². The number of hydrogen-bond donors (Lipinski definition) is 1. The lowest BCUT2D eigenvalue weighted by Crippen LogP contribution is -2.47. The summed E-state index contributed by atoms with van der Waals surface area (Å²) in [6.45, 7) is 0.707. The Kier molecular flexibility index (Phi) is 3.74. The van der Waals surface area contributed by atoms with E-state index >= 15 is 0 Å². The van der Waals surface area contributed by atoms with Crippen molar-refractivity contribution in [1.29, 1.82) is 0 Å². The molecular formula is C16H20F3NO. The summed E-state index contributed by atoms with van der Waals surface area (Å²) >= 11 is 0. The highest BCUT2D eigenvalue weighted by atomic mass is 19.4. The first-order valence-electron chi connectivity index (χ1n) is 7.46. The molecule has 2 atom stereocenters. The highest BCUT2D eigenvalue weighted by Gasteiger charge is 2.44. The normalized spacial score (nSPS) is 26.4. The van der Waals surface area contributed by atoms with Crippen molar-refractivity contribution >= 4 is 0 Å². The monoisotopic (exact) mass is 299 g/mol. The van der Waals surface area contributed by atoms with Gasteiger partial charge in [-0.1, -0.05) is 12.1 Å². The maximum atomic E-state index is 12.6. The lowest BCUT2D eigenvalue weighted by atomic mass is 9.70. The van der Waals surface area contributed by atoms with Gasteiger partial charge < -0.3 is 10.5 Å². The molecular weight excluding hydrogens is 279 g/mol. The van der Waals surface area contributed by atoms with Crippen molar-refractivity contribution < 1.29 is 17.9 Å². The molecule has 1 aromatic rings. The molecule has 1 spiro atoms. The molecule has 2 N–H and O–H groups in total. The molecule has 116 valence electrons. The van der Waals surface area contributed by atoms with Crippen LogP contribution >= 0.6 is 0 Å². The van der Waals surface area contributed by atoms with Crippen molar-refractivity contribution in [2.75, 3.05) is 6.61 Å². The Labute approximate surface area is 122 Å². The van der Waals surface area contributed by atoms with Gasteiger partial charge in [0.25, 0.3) is 0 Å². The highest BCUT2D eigenvalue weighted by Crippen LogP contribution is 2.46. The molecule has 21 heavy (non-hydrogen) atoms. The minimum absolute atomic E-state index is 0.00640. The molecule has 2 unspecified atom stereocenters. The van der Waals surface area contributed by atoms with Gasteiger partial charge in [0.15, 0.2) is 0 Å². The molecule has 2 aliphatic rings.